The van der Waals surface area contributed by atoms with Gasteiger partial charge in [-0.2, -0.15) is 0 Å². The Morgan fingerprint density at radius 3 is 1.84 bits per heavy atom. The molecular formula is C46H28N4. The molecule has 0 spiro atoms. The number of imidazole rings is 1. The Labute approximate surface area is 287 Å². The van der Waals surface area contributed by atoms with Gasteiger partial charge in [0.15, 0.2) is 0 Å². The summed E-state index contributed by atoms with van der Waals surface area (Å²) < 4.78 is 4.67. The molecule has 4 aromatic heterocycles. The van der Waals surface area contributed by atoms with E-state index < -0.39 is 0 Å². The molecule has 4 nitrogen and oxygen atoms in total. The molecule has 4 heterocycles. The van der Waals surface area contributed by atoms with E-state index >= 15 is 0 Å². The Hall–Kier alpha value is -6.78. The molecule has 0 aliphatic heterocycles. The fraction of sp³-hybridized carbons (Fsp3) is 0. The minimum Gasteiger partial charge on any atom is -0.309 e. The molecule has 50 heavy (non-hydrogen) atoms. The molecule has 0 saturated carbocycles. The number of para-hydroxylation sites is 5. The molecule has 0 saturated heterocycles. The molecular weight excluding hydrogens is 609 g/mol. The first-order valence-corrected chi connectivity index (χ1v) is 17.0. The van der Waals surface area contributed by atoms with Crippen molar-refractivity contribution in [2.75, 3.05) is 0 Å². The van der Waals surface area contributed by atoms with Crippen LogP contribution in [0, 0.1) is 0 Å². The van der Waals surface area contributed by atoms with Gasteiger partial charge in [-0.15, -0.1) is 0 Å². The molecule has 0 bridgehead atoms. The van der Waals surface area contributed by atoms with E-state index in [1.165, 1.54) is 44.2 Å². The molecule has 4 heteroatoms. The van der Waals surface area contributed by atoms with E-state index in [-0.39, 0.29) is 0 Å². The van der Waals surface area contributed by atoms with Gasteiger partial charge in [0.2, 0.25) is 0 Å². The summed E-state index contributed by atoms with van der Waals surface area (Å²) in [5.74, 6) is 0. The van der Waals surface area contributed by atoms with Gasteiger partial charge in [0.1, 0.15) is 5.65 Å². The van der Waals surface area contributed by atoms with Crippen LogP contribution in [0.3, 0.4) is 0 Å². The van der Waals surface area contributed by atoms with Gasteiger partial charge in [-0.05, 0) is 82.9 Å². The number of nitrogens with zero attached hydrogens (tertiary/aromatic N) is 4. The van der Waals surface area contributed by atoms with Crippen LogP contribution in [0.25, 0.3) is 99.1 Å². The van der Waals surface area contributed by atoms with Crippen molar-refractivity contribution in [3.63, 3.8) is 0 Å². The van der Waals surface area contributed by atoms with Gasteiger partial charge in [-0.25, -0.2) is 9.97 Å². The average molecular weight is 637 g/mol. The molecule has 11 aromatic rings. The van der Waals surface area contributed by atoms with Crippen molar-refractivity contribution in [2.24, 2.45) is 0 Å². The molecule has 0 atom stereocenters. The summed E-state index contributed by atoms with van der Waals surface area (Å²) >= 11 is 0. The van der Waals surface area contributed by atoms with E-state index in [1.54, 1.807) is 0 Å². The standard InChI is InChI=1S/C46H28N4/c1-2-11-34(12-3-1)49-41-16-8-5-13-35(41)37-26-31(23-25-42(37)49)29-18-20-30(21-19-29)32-22-24-36-44(28-32)50-43-17-9-7-15-40(43)48-46(50)38-27-33-10-4-6-14-39(33)47-45(36)38/h1-28H. The van der Waals surface area contributed by atoms with E-state index in [4.69, 9.17) is 9.97 Å². The molecule has 0 unspecified atom stereocenters. The maximum atomic E-state index is 5.18. The van der Waals surface area contributed by atoms with Crippen molar-refractivity contribution >= 4 is 71.2 Å². The highest BCUT2D eigenvalue weighted by molar-refractivity contribution is 6.15. The van der Waals surface area contributed by atoms with Crippen molar-refractivity contribution in [2.45, 2.75) is 0 Å². The van der Waals surface area contributed by atoms with Crippen molar-refractivity contribution < 1.29 is 0 Å². The maximum absolute atomic E-state index is 5.18. The predicted molar refractivity (Wildman–Crippen MR) is 208 cm³/mol. The molecule has 0 N–H and O–H groups in total. The highest BCUT2D eigenvalue weighted by Crippen LogP contribution is 2.37. The fourth-order valence-electron chi connectivity index (χ4n) is 7.90. The number of hydrogen-bond acceptors (Lipinski definition) is 2. The zero-order chi connectivity index (χ0) is 32.8. The van der Waals surface area contributed by atoms with Crippen LogP contribution < -0.4 is 0 Å². The fourth-order valence-corrected chi connectivity index (χ4v) is 7.90. The largest absolute Gasteiger partial charge is 0.309 e. The van der Waals surface area contributed by atoms with Crippen LogP contribution in [-0.4, -0.2) is 18.9 Å². The van der Waals surface area contributed by atoms with E-state index in [1.807, 2.05) is 0 Å². The van der Waals surface area contributed by atoms with Gasteiger partial charge in [0.05, 0.1) is 38.6 Å². The van der Waals surface area contributed by atoms with Crippen LogP contribution in [0.1, 0.15) is 0 Å². The van der Waals surface area contributed by atoms with E-state index in [0.717, 1.165) is 55.0 Å². The minimum absolute atomic E-state index is 0.934. The first kappa shape index (κ1) is 27.2. The third-order valence-corrected chi connectivity index (χ3v) is 10.3. The summed E-state index contributed by atoms with van der Waals surface area (Å²) in [6.45, 7) is 0. The summed E-state index contributed by atoms with van der Waals surface area (Å²) in [7, 11) is 0. The second kappa shape index (κ2) is 10.4. The van der Waals surface area contributed by atoms with Crippen LogP contribution in [0.4, 0.5) is 0 Å². The minimum atomic E-state index is 0.934. The third kappa shape index (κ3) is 3.93. The summed E-state index contributed by atoms with van der Waals surface area (Å²) in [4.78, 5) is 10.3. The number of rotatable bonds is 3. The third-order valence-electron chi connectivity index (χ3n) is 10.3. The van der Waals surface area contributed by atoms with Crippen LogP contribution in [0.5, 0.6) is 0 Å². The van der Waals surface area contributed by atoms with Crippen molar-refractivity contribution in [1.29, 1.82) is 0 Å². The van der Waals surface area contributed by atoms with Crippen LogP contribution in [0.2, 0.25) is 0 Å². The number of aromatic nitrogens is 4. The molecule has 0 aliphatic carbocycles. The van der Waals surface area contributed by atoms with Crippen LogP contribution in [0.15, 0.2) is 170 Å². The van der Waals surface area contributed by atoms with Gasteiger partial charge in [0, 0.05) is 32.6 Å². The number of fused-ring (bicyclic) bond motifs is 12. The topological polar surface area (TPSA) is 35.1 Å². The van der Waals surface area contributed by atoms with E-state index in [9.17, 15) is 0 Å². The molecule has 232 valence electrons. The average Bonchev–Trinajstić information content (AvgIpc) is 3.74. The van der Waals surface area contributed by atoms with Crippen molar-refractivity contribution in [3.8, 4) is 27.9 Å². The Bertz CT molecular complexity index is 3130. The van der Waals surface area contributed by atoms with Crippen LogP contribution in [-0.2, 0) is 0 Å². The smallest absolute Gasteiger partial charge is 0.147 e. The lowest BCUT2D eigenvalue weighted by atomic mass is 9.98. The number of hydrogen-bond donors (Lipinski definition) is 0. The first-order chi connectivity index (χ1) is 24.8. The summed E-state index contributed by atoms with van der Waals surface area (Å²) in [5, 5.41) is 5.81. The predicted octanol–water partition coefficient (Wildman–Crippen LogP) is 11.8. The lowest BCUT2D eigenvalue weighted by molar-refractivity contribution is 1.18. The molecule has 0 fully saturated rings. The summed E-state index contributed by atoms with van der Waals surface area (Å²) in [6.07, 6.45) is 0. The SMILES string of the molecule is c1ccc(-n2c3ccccc3c3cc(-c4ccc(-c5ccc6c7nc8ccccc8cc7c7nc8ccccc8n7c6c5)cc4)ccc32)cc1. The highest BCUT2D eigenvalue weighted by atomic mass is 15.0. The monoisotopic (exact) mass is 636 g/mol. The lowest BCUT2D eigenvalue weighted by Gasteiger charge is -2.12. The first-order valence-electron chi connectivity index (χ1n) is 17.0. The van der Waals surface area contributed by atoms with Crippen LogP contribution >= 0.6 is 0 Å². The summed E-state index contributed by atoms with van der Waals surface area (Å²) in [5.41, 5.74) is 14.4. The van der Waals surface area contributed by atoms with Gasteiger partial charge in [0.25, 0.3) is 0 Å². The number of benzene rings is 7. The molecule has 0 amide bonds. The maximum Gasteiger partial charge on any atom is 0.147 e. The highest BCUT2D eigenvalue weighted by Gasteiger charge is 2.17. The van der Waals surface area contributed by atoms with Crippen molar-refractivity contribution in [1.82, 2.24) is 18.9 Å². The van der Waals surface area contributed by atoms with E-state index in [0.29, 0.717) is 0 Å². The normalized spacial score (nSPS) is 12.0. The zero-order valence-electron chi connectivity index (χ0n) is 27.0. The Morgan fingerprint density at radius 1 is 0.360 bits per heavy atom. The quantitative estimate of drug-likeness (QED) is 0.143. The molecule has 0 radical (unpaired) electrons. The van der Waals surface area contributed by atoms with Gasteiger partial charge in [-0.1, -0.05) is 109 Å². The van der Waals surface area contributed by atoms with Crippen molar-refractivity contribution in [3.05, 3.63) is 170 Å². The van der Waals surface area contributed by atoms with Gasteiger partial charge in [-0.3, -0.25) is 4.40 Å². The second-order valence-corrected chi connectivity index (χ2v) is 13.1. The van der Waals surface area contributed by atoms with E-state index in [2.05, 4.69) is 179 Å². The Kier molecular flexibility index (Phi) is 5.63. The summed E-state index contributed by atoms with van der Waals surface area (Å²) in [6, 6.07) is 60.8. The Morgan fingerprint density at radius 2 is 1.00 bits per heavy atom. The second-order valence-electron chi connectivity index (χ2n) is 13.1. The lowest BCUT2D eigenvalue weighted by Crippen LogP contribution is -1.94. The molecule has 7 aromatic carbocycles. The number of pyridine rings is 2. The molecule has 0 aliphatic rings. The molecule has 11 rings (SSSR count). The van der Waals surface area contributed by atoms with Gasteiger partial charge >= 0.3 is 0 Å². The Balaban J connectivity index is 1.06. The zero-order valence-corrected chi connectivity index (χ0v) is 27.0. The van der Waals surface area contributed by atoms with Gasteiger partial charge < -0.3 is 4.57 Å².